The number of carboxylic acid groups (broad SMARTS) is 1. The Morgan fingerprint density at radius 1 is 1.47 bits per heavy atom. The first kappa shape index (κ1) is 13.3. The van der Waals surface area contributed by atoms with Gasteiger partial charge in [-0.3, -0.25) is 4.79 Å². The van der Waals surface area contributed by atoms with Crippen molar-refractivity contribution < 1.29 is 9.90 Å². The molecule has 102 valence electrons. The van der Waals surface area contributed by atoms with Crippen molar-refractivity contribution in [1.29, 1.82) is 0 Å². The van der Waals surface area contributed by atoms with Crippen molar-refractivity contribution in [2.45, 2.75) is 20.8 Å². The maximum absolute atomic E-state index is 10.9. The molecule has 2 aromatic rings. The van der Waals surface area contributed by atoms with Crippen LogP contribution in [0.15, 0.2) is 6.07 Å². The largest absolute Gasteiger partial charge is 0.481 e. The smallest absolute Gasteiger partial charge is 0.308 e. The highest BCUT2D eigenvalue weighted by Crippen LogP contribution is 2.16. The Hall–Kier alpha value is -2.18. The van der Waals surface area contributed by atoms with Crippen LogP contribution in [0.3, 0.4) is 0 Å². The molecular formula is C12H17N5O2. The highest BCUT2D eigenvalue weighted by atomic mass is 16.4. The molecule has 0 spiro atoms. The molecule has 0 aliphatic carbocycles. The Kier molecular flexibility index (Phi) is 3.37. The van der Waals surface area contributed by atoms with E-state index in [1.807, 2.05) is 24.9 Å². The normalized spacial score (nSPS) is 12.6. The molecule has 1 unspecified atom stereocenters. The SMILES string of the molecule is Cc1cc(N(C)CC(C)C(=O)O)n2nc(C)nc2n1. The molecule has 0 radical (unpaired) electrons. The molecule has 0 fully saturated rings. The maximum atomic E-state index is 10.9. The van der Waals surface area contributed by atoms with Gasteiger partial charge in [0.05, 0.1) is 5.92 Å². The number of rotatable bonds is 4. The molecule has 0 aromatic carbocycles. The first-order chi connectivity index (χ1) is 8.88. The number of aryl methyl sites for hydroxylation is 2. The number of carboxylic acids is 1. The van der Waals surface area contributed by atoms with Crippen LogP contribution in [0.25, 0.3) is 5.78 Å². The second kappa shape index (κ2) is 4.83. The van der Waals surface area contributed by atoms with Crippen LogP contribution in [-0.2, 0) is 4.79 Å². The number of aliphatic carboxylic acids is 1. The summed E-state index contributed by atoms with van der Waals surface area (Å²) >= 11 is 0. The molecule has 0 amide bonds. The van der Waals surface area contributed by atoms with Gasteiger partial charge in [-0.05, 0) is 13.8 Å². The van der Waals surface area contributed by atoms with Crippen molar-refractivity contribution in [3.8, 4) is 0 Å². The van der Waals surface area contributed by atoms with Crippen molar-refractivity contribution in [3.63, 3.8) is 0 Å². The monoisotopic (exact) mass is 263 g/mol. The second-order valence-corrected chi connectivity index (χ2v) is 4.75. The van der Waals surface area contributed by atoms with E-state index in [0.29, 0.717) is 18.1 Å². The third kappa shape index (κ3) is 2.64. The molecule has 0 bridgehead atoms. The van der Waals surface area contributed by atoms with E-state index in [1.54, 1.807) is 18.4 Å². The molecule has 19 heavy (non-hydrogen) atoms. The number of anilines is 1. The van der Waals surface area contributed by atoms with Gasteiger partial charge in [0.1, 0.15) is 11.6 Å². The van der Waals surface area contributed by atoms with E-state index in [1.165, 1.54) is 0 Å². The molecule has 2 rings (SSSR count). The minimum Gasteiger partial charge on any atom is -0.481 e. The molecular weight excluding hydrogens is 246 g/mol. The Morgan fingerprint density at radius 3 is 2.79 bits per heavy atom. The molecule has 1 N–H and O–H groups in total. The van der Waals surface area contributed by atoms with Gasteiger partial charge in [0.15, 0.2) is 0 Å². The summed E-state index contributed by atoms with van der Waals surface area (Å²) in [5.41, 5.74) is 0.824. The zero-order chi connectivity index (χ0) is 14.2. The van der Waals surface area contributed by atoms with E-state index in [0.717, 1.165) is 11.5 Å². The molecule has 7 nitrogen and oxygen atoms in total. The van der Waals surface area contributed by atoms with Gasteiger partial charge in [-0.1, -0.05) is 6.92 Å². The Bertz CT molecular complexity index is 622. The van der Waals surface area contributed by atoms with E-state index in [4.69, 9.17) is 5.11 Å². The summed E-state index contributed by atoms with van der Waals surface area (Å²) in [6.45, 7) is 5.75. The molecule has 0 saturated carbocycles. The summed E-state index contributed by atoms with van der Waals surface area (Å²) in [5, 5.41) is 13.3. The Labute approximate surface area is 110 Å². The van der Waals surface area contributed by atoms with Crippen LogP contribution in [0, 0.1) is 19.8 Å². The summed E-state index contributed by atoms with van der Waals surface area (Å²) in [7, 11) is 1.84. The first-order valence-corrected chi connectivity index (χ1v) is 6.03. The summed E-state index contributed by atoms with van der Waals surface area (Å²) < 4.78 is 1.64. The summed E-state index contributed by atoms with van der Waals surface area (Å²) in [5.74, 6) is 0.680. The summed E-state index contributed by atoms with van der Waals surface area (Å²) in [6.07, 6.45) is 0. The van der Waals surface area contributed by atoms with Crippen LogP contribution in [0.4, 0.5) is 5.82 Å². The van der Waals surface area contributed by atoms with Crippen molar-refractivity contribution in [2.24, 2.45) is 5.92 Å². The third-order valence-corrected chi connectivity index (χ3v) is 2.89. The quantitative estimate of drug-likeness (QED) is 0.882. The average molecular weight is 263 g/mol. The van der Waals surface area contributed by atoms with Gasteiger partial charge < -0.3 is 10.0 Å². The van der Waals surface area contributed by atoms with Crippen LogP contribution < -0.4 is 4.90 Å². The van der Waals surface area contributed by atoms with Gasteiger partial charge in [0.25, 0.3) is 5.78 Å². The van der Waals surface area contributed by atoms with Crippen LogP contribution >= 0.6 is 0 Å². The van der Waals surface area contributed by atoms with Crippen LogP contribution in [0.5, 0.6) is 0 Å². The summed E-state index contributed by atoms with van der Waals surface area (Å²) in [4.78, 5) is 21.3. The topological polar surface area (TPSA) is 83.6 Å². The van der Waals surface area contributed by atoms with Gasteiger partial charge in [-0.25, -0.2) is 4.98 Å². The van der Waals surface area contributed by atoms with E-state index < -0.39 is 11.9 Å². The van der Waals surface area contributed by atoms with E-state index in [-0.39, 0.29) is 0 Å². The van der Waals surface area contributed by atoms with Crippen molar-refractivity contribution >= 4 is 17.6 Å². The zero-order valence-corrected chi connectivity index (χ0v) is 11.5. The van der Waals surface area contributed by atoms with Gasteiger partial charge in [0.2, 0.25) is 0 Å². The number of aromatic nitrogens is 4. The molecule has 7 heteroatoms. The van der Waals surface area contributed by atoms with Crippen molar-refractivity contribution in [2.75, 3.05) is 18.5 Å². The fraction of sp³-hybridized carbons (Fsp3) is 0.500. The van der Waals surface area contributed by atoms with Crippen LogP contribution in [-0.4, -0.2) is 44.3 Å². The number of hydrogen-bond donors (Lipinski definition) is 1. The number of hydrogen-bond acceptors (Lipinski definition) is 5. The Balaban J connectivity index is 2.40. The third-order valence-electron chi connectivity index (χ3n) is 2.89. The zero-order valence-electron chi connectivity index (χ0n) is 11.5. The van der Waals surface area contributed by atoms with Gasteiger partial charge in [0, 0.05) is 25.4 Å². The van der Waals surface area contributed by atoms with Crippen LogP contribution in [0.1, 0.15) is 18.4 Å². The molecule has 1 atom stereocenters. The fourth-order valence-corrected chi connectivity index (χ4v) is 1.92. The fourth-order valence-electron chi connectivity index (χ4n) is 1.92. The predicted octanol–water partition coefficient (Wildman–Crippen LogP) is 0.898. The molecule has 0 aliphatic heterocycles. The highest BCUT2D eigenvalue weighted by molar-refractivity contribution is 5.70. The van der Waals surface area contributed by atoms with Crippen molar-refractivity contribution in [3.05, 3.63) is 17.6 Å². The predicted molar refractivity (Wildman–Crippen MR) is 70.3 cm³/mol. The lowest BCUT2D eigenvalue weighted by Gasteiger charge is -2.21. The Morgan fingerprint density at radius 2 is 2.16 bits per heavy atom. The maximum Gasteiger partial charge on any atom is 0.308 e. The lowest BCUT2D eigenvalue weighted by Crippen LogP contribution is -2.30. The summed E-state index contributed by atoms with van der Waals surface area (Å²) in [6, 6.07) is 1.87. The minimum absolute atomic E-state index is 0.396. The van der Waals surface area contributed by atoms with Crippen molar-refractivity contribution in [1.82, 2.24) is 19.6 Å². The molecule has 0 saturated heterocycles. The molecule has 2 heterocycles. The standard InChI is InChI=1S/C12H17N5O2/c1-7(11(18)19)6-16(4)10-5-8(2)13-12-14-9(3)15-17(10)12/h5,7H,6H2,1-4H3,(H,18,19). The number of fused-ring (bicyclic) bond motifs is 1. The highest BCUT2D eigenvalue weighted by Gasteiger charge is 2.17. The van der Waals surface area contributed by atoms with E-state index >= 15 is 0 Å². The lowest BCUT2D eigenvalue weighted by atomic mass is 10.2. The van der Waals surface area contributed by atoms with Gasteiger partial charge in [-0.15, -0.1) is 5.10 Å². The van der Waals surface area contributed by atoms with Gasteiger partial charge >= 0.3 is 5.97 Å². The average Bonchev–Trinajstić information content (AvgIpc) is 2.67. The minimum atomic E-state index is -0.816. The lowest BCUT2D eigenvalue weighted by molar-refractivity contribution is -0.140. The molecule has 0 aliphatic rings. The number of nitrogens with zero attached hydrogens (tertiary/aromatic N) is 5. The van der Waals surface area contributed by atoms with E-state index in [2.05, 4.69) is 15.1 Å². The van der Waals surface area contributed by atoms with E-state index in [9.17, 15) is 4.79 Å². The first-order valence-electron chi connectivity index (χ1n) is 6.03. The van der Waals surface area contributed by atoms with Gasteiger partial charge in [-0.2, -0.15) is 9.50 Å². The second-order valence-electron chi connectivity index (χ2n) is 4.75. The number of carbonyl (C=O) groups is 1. The molecule has 2 aromatic heterocycles. The van der Waals surface area contributed by atoms with Crippen LogP contribution in [0.2, 0.25) is 0 Å².